The van der Waals surface area contributed by atoms with Crippen LogP contribution in [0.5, 0.6) is 0 Å². The fraction of sp³-hybridized carbons (Fsp3) is 0.385. The molecule has 1 heterocycles. The Morgan fingerprint density at radius 2 is 2.17 bits per heavy atom. The molecule has 18 heavy (non-hydrogen) atoms. The van der Waals surface area contributed by atoms with Crippen LogP contribution in [0.25, 0.3) is 11.4 Å². The van der Waals surface area contributed by atoms with E-state index in [4.69, 9.17) is 10.3 Å². The molecular formula is C13H16FN3O. The lowest BCUT2D eigenvalue weighted by molar-refractivity contribution is 0.366. The molecule has 0 fully saturated rings. The van der Waals surface area contributed by atoms with Gasteiger partial charge in [-0.1, -0.05) is 24.2 Å². The maximum Gasteiger partial charge on any atom is 0.226 e. The Hall–Kier alpha value is -1.75. The molecule has 5 heteroatoms. The van der Waals surface area contributed by atoms with Crippen LogP contribution in [0.4, 0.5) is 4.39 Å². The van der Waals surface area contributed by atoms with E-state index in [2.05, 4.69) is 17.1 Å². The van der Waals surface area contributed by atoms with Gasteiger partial charge in [-0.05, 0) is 31.0 Å². The first-order chi connectivity index (χ1) is 8.70. The smallest absolute Gasteiger partial charge is 0.226 e. The van der Waals surface area contributed by atoms with Gasteiger partial charge in [-0.3, -0.25) is 0 Å². The molecule has 1 aromatic carbocycles. The zero-order valence-electron chi connectivity index (χ0n) is 10.3. The average molecular weight is 249 g/mol. The number of nitrogens with zero attached hydrogens (tertiary/aromatic N) is 2. The van der Waals surface area contributed by atoms with E-state index in [-0.39, 0.29) is 5.82 Å². The van der Waals surface area contributed by atoms with E-state index in [0.29, 0.717) is 36.2 Å². The van der Waals surface area contributed by atoms with Crippen molar-refractivity contribution in [3.63, 3.8) is 0 Å². The van der Waals surface area contributed by atoms with Crippen molar-refractivity contribution in [2.45, 2.75) is 19.8 Å². The summed E-state index contributed by atoms with van der Waals surface area (Å²) in [6, 6.07) is 6.38. The number of hydrogen-bond acceptors (Lipinski definition) is 4. The minimum Gasteiger partial charge on any atom is -0.339 e. The van der Waals surface area contributed by atoms with E-state index in [1.54, 1.807) is 18.2 Å². The summed E-state index contributed by atoms with van der Waals surface area (Å²) < 4.78 is 18.6. The number of halogens is 1. The van der Waals surface area contributed by atoms with E-state index < -0.39 is 0 Å². The fourth-order valence-corrected chi connectivity index (χ4v) is 1.60. The van der Waals surface area contributed by atoms with Crippen LogP contribution in [0, 0.1) is 11.7 Å². The molecule has 0 saturated heterocycles. The summed E-state index contributed by atoms with van der Waals surface area (Å²) in [5, 5.41) is 3.79. The molecule has 0 aliphatic carbocycles. The summed E-state index contributed by atoms with van der Waals surface area (Å²) in [6.07, 6.45) is 1.55. The van der Waals surface area contributed by atoms with Gasteiger partial charge in [0.2, 0.25) is 11.7 Å². The van der Waals surface area contributed by atoms with Gasteiger partial charge in [-0.25, -0.2) is 4.39 Å². The molecule has 2 aromatic rings. The molecule has 96 valence electrons. The standard InChI is InChI=1S/C13H16FN3O/c1-9(8-15)6-7-12-16-13(17-18-12)10-4-2-3-5-11(10)14/h2-5,9H,6-8,15H2,1H3. The molecule has 2 N–H and O–H groups in total. The van der Waals surface area contributed by atoms with Crippen LogP contribution in [0.1, 0.15) is 19.2 Å². The molecule has 0 aliphatic rings. The van der Waals surface area contributed by atoms with Gasteiger partial charge < -0.3 is 10.3 Å². The molecule has 0 spiro atoms. The van der Waals surface area contributed by atoms with Gasteiger partial charge in [0.25, 0.3) is 0 Å². The topological polar surface area (TPSA) is 64.9 Å². The summed E-state index contributed by atoms with van der Waals surface area (Å²) in [7, 11) is 0. The molecule has 0 aliphatic heterocycles. The van der Waals surface area contributed by atoms with Crippen molar-refractivity contribution in [2.75, 3.05) is 6.54 Å². The highest BCUT2D eigenvalue weighted by molar-refractivity contribution is 5.54. The van der Waals surface area contributed by atoms with E-state index in [0.717, 1.165) is 6.42 Å². The van der Waals surface area contributed by atoms with Gasteiger partial charge >= 0.3 is 0 Å². The highest BCUT2D eigenvalue weighted by Gasteiger charge is 2.12. The number of rotatable bonds is 5. The molecule has 1 unspecified atom stereocenters. The third-order valence-electron chi connectivity index (χ3n) is 2.84. The Kier molecular flexibility index (Phi) is 4.04. The molecule has 0 amide bonds. The molecule has 1 aromatic heterocycles. The SMILES string of the molecule is CC(CN)CCc1nc(-c2ccccc2F)no1. The monoisotopic (exact) mass is 249 g/mol. The number of nitrogens with two attached hydrogens (primary N) is 1. The third-order valence-corrected chi connectivity index (χ3v) is 2.84. The minimum atomic E-state index is -0.347. The Labute approximate surface area is 105 Å². The van der Waals surface area contributed by atoms with E-state index in [9.17, 15) is 4.39 Å². The maximum atomic E-state index is 13.5. The van der Waals surface area contributed by atoms with Crippen LogP contribution >= 0.6 is 0 Å². The lowest BCUT2D eigenvalue weighted by atomic mass is 10.1. The fourth-order valence-electron chi connectivity index (χ4n) is 1.60. The molecule has 2 rings (SSSR count). The van der Waals surface area contributed by atoms with Crippen molar-refractivity contribution in [2.24, 2.45) is 11.7 Å². The van der Waals surface area contributed by atoms with E-state index in [1.165, 1.54) is 6.07 Å². The van der Waals surface area contributed by atoms with Crippen molar-refractivity contribution in [1.82, 2.24) is 10.1 Å². The van der Waals surface area contributed by atoms with Gasteiger partial charge in [0.1, 0.15) is 5.82 Å². The van der Waals surface area contributed by atoms with Gasteiger partial charge in [-0.15, -0.1) is 0 Å². The second-order valence-corrected chi connectivity index (χ2v) is 4.37. The lowest BCUT2D eigenvalue weighted by Crippen LogP contribution is -2.11. The highest BCUT2D eigenvalue weighted by Crippen LogP contribution is 2.19. The maximum absolute atomic E-state index is 13.5. The van der Waals surface area contributed by atoms with Crippen LogP contribution in [0.2, 0.25) is 0 Å². The third kappa shape index (κ3) is 2.92. The number of benzene rings is 1. The quantitative estimate of drug-likeness (QED) is 0.883. The minimum absolute atomic E-state index is 0.295. The number of hydrogen-bond donors (Lipinski definition) is 1. The Morgan fingerprint density at radius 3 is 2.89 bits per heavy atom. The van der Waals surface area contributed by atoms with Crippen molar-refractivity contribution in [3.05, 3.63) is 36.0 Å². The second kappa shape index (κ2) is 5.73. The van der Waals surface area contributed by atoms with Crippen LogP contribution in [0.15, 0.2) is 28.8 Å². The zero-order valence-corrected chi connectivity index (χ0v) is 10.3. The van der Waals surface area contributed by atoms with E-state index >= 15 is 0 Å². The van der Waals surface area contributed by atoms with E-state index in [1.807, 2.05) is 0 Å². The predicted molar refractivity (Wildman–Crippen MR) is 66.2 cm³/mol. The van der Waals surface area contributed by atoms with Gasteiger partial charge in [0.15, 0.2) is 0 Å². The van der Waals surface area contributed by atoms with Crippen molar-refractivity contribution >= 4 is 0 Å². The van der Waals surface area contributed by atoms with Gasteiger partial charge in [0.05, 0.1) is 5.56 Å². The molecule has 1 atom stereocenters. The highest BCUT2D eigenvalue weighted by atomic mass is 19.1. The predicted octanol–water partition coefficient (Wildman–Crippen LogP) is 2.40. The lowest BCUT2D eigenvalue weighted by Gasteiger charge is -2.03. The van der Waals surface area contributed by atoms with Crippen LogP contribution in [-0.4, -0.2) is 16.7 Å². The molecule has 0 bridgehead atoms. The summed E-state index contributed by atoms with van der Waals surface area (Å²) in [5.74, 6) is 0.881. The first kappa shape index (κ1) is 12.7. The Bertz CT molecular complexity index is 512. The molecule has 0 radical (unpaired) electrons. The van der Waals surface area contributed by atoms with Gasteiger partial charge in [-0.2, -0.15) is 4.98 Å². The summed E-state index contributed by atoms with van der Waals surface area (Å²) in [6.45, 7) is 2.70. The van der Waals surface area contributed by atoms with Crippen molar-refractivity contribution in [1.29, 1.82) is 0 Å². The number of aryl methyl sites for hydroxylation is 1. The average Bonchev–Trinajstić information content (AvgIpc) is 2.85. The van der Waals surface area contributed by atoms with Crippen molar-refractivity contribution < 1.29 is 8.91 Å². The van der Waals surface area contributed by atoms with Crippen LogP contribution < -0.4 is 5.73 Å². The Balaban J connectivity index is 2.09. The zero-order chi connectivity index (χ0) is 13.0. The first-order valence-corrected chi connectivity index (χ1v) is 5.98. The largest absolute Gasteiger partial charge is 0.339 e. The van der Waals surface area contributed by atoms with Crippen LogP contribution in [0.3, 0.4) is 0 Å². The van der Waals surface area contributed by atoms with Gasteiger partial charge in [0, 0.05) is 6.42 Å². The molecule has 0 saturated carbocycles. The number of aromatic nitrogens is 2. The normalized spacial score (nSPS) is 12.6. The summed E-state index contributed by atoms with van der Waals surface area (Å²) >= 11 is 0. The van der Waals surface area contributed by atoms with Crippen LogP contribution in [-0.2, 0) is 6.42 Å². The molecule has 4 nitrogen and oxygen atoms in total. The Morgan fingerprint density at radius 1 is 1.39 bits per heavy atom. The second-order valence-electron chi connectivity index (χ2n) is 4.37. The summed E-state index contributed by atoms with van der Waals surface area (Å²) in [5.41, 5.74) is 5.90. The van der Waals surface area contributed by atoms with Crippen molar-refractivity contribution in [3.8, 4) is 11.4 Å². The first-order valence-electron chi connectivity index (χ1n) is 5.98. The molecular weight excluding hydrogens is 233 g/mol. The summed E-state index contributed by atoms with van der Waals surface area (Å²) in [4.78, 5) is 4.19.